The fourth-order valence-corrected chi connectivity index (χ4v) is 10.0. The van der Waals surface area contributed by atoms with Crippen molar-refractivity contribution in [1.29, 1.82) is 0 Å². The van der Waals surface area contributed by atoms with Crippen molar-refractivity contribution in [3.63, 3.8) is 0 Å². The van der Waals surface area contributed by atoms with Gasteiger partial charge in [0, 0.05) is 241 Å². The third-order valence-corrected chi connectivity index (χ3v) is 17.6. The predicted molar refractivity (Wildman–Crippen MR) is 376 cm³/mol. The number of pyridine rings is 4. The van der Waals surface area contributed by atoms with E-state index >= 15 is 0 Å². The molecule has 1 aliphatic heterocycles. The van der Waals surface area contributed by atoms with Crippen LogP contribution in [0, 0.1) is 33.6 Å². The van der Waals surface area contributed by atoms with Crippen LogP contribution in [0.25, 0.3) is 0 Å². The number of sulfone groups is 2. The maximum atomic E-state index is 12.2. The summed E-state index contributed by atoms with van der Waals surface area (Å²) in [5, 5.41) is 1.25. The fourth-order valence-electron chi connectivity index (χ4n) is 7.66. The van der Waals surface area contributed by atoms with Gasteiger partial charge in [-0.1, -0.05) is 14.9 Å². The number of hydrogen-bond donors (Lipinski definition) is 0. The summed E-state index contributed by atoms with van der Waals surface area (Å²) in [6, 6.07) is 6.54. The van der Waals surface area contributed by atoms with E-state index < -0.39 is 121 Å². The number of halogens is 4. The molecule has 1 saturated heterocycles. The molecule has 28 radical (unpaired) electrons. The molecule has 4 aromatic rings. The van der Waals surface area contributed by atoms with E-state index in [4.69, 9.17) is 118 Å². The topological polar surface area (TPSA) is 138 Å². The highest BCUT2D eigenvalue weighted by atomic mass is 79.9. The Morgan fingerprint density at radius 2 is 0.797 bits per heavy atom. The van der Waals surface area contributed by atoms with E-state index in [1.807, 2.05) is 60.9 Å². The second-order valence-corrected chi connectivity index (χ2v) is 26.8. The van der Waals surface area contributed by atoms with Crippen LogP contribution in [0.4, 0.5) is 4.39 Å². The van der Waals surface area contributed by atoms with Gasteiger partial charge in [-0.15, -0.1) is 11.8 Å². The van der Waals surface area contributed by atoms with Crippen molar-refractivity contribution in [3.8, 4) is 0 Å². The van der Waals surface area contributed by atoms with Gasteiger partial charge < -0.3 is 9.31 Å². The van der Waals surface area contributed by atoms with Crippen LogP contribution in [0.2, 0.25) is 0 Å². The molecule has 372 valence electrons. The van der Waals surface area contributed by atoms with E-state index in [-0.39, 0.29) is 24.9 Å². The van der Waals surface area contributed by atoms with Gasteiger partial charge in [0.05, 0.1) is 16.2 Å². The molecule has 10 nitrogen and oxygen atoms in total. The number of hydrogen-bond acceptors (Lipinski definition) is 11. The van der Waals surface area contributed by atoms with Crippen LogP contribution >= 0.6 is 59.6 Å². The maximum absolute atomic E-state index is 12.2. The lowest BCUT2D eigenvalue weighted by molar-refractivity contribution is 0.00578. The summed E-state index contributed by atoms with van der Waals surface area (Å²) in [6.45, 7) is 15.4. The number of aryl methyl sites for hydroxylation is 4. The number of aromatic nitrogens is 4. The van der Waals surface area contributed by atoms with E-state index in [1.54, 1.807) is 23.9 Å². The average Bonchev–Trinajstić information content (AvgIpc) is 3.50. The van der Waals surface area contributed by atoms with E-state index in [0.717, 1.165) is 53.1 Å². The zero-order valence-corrected chi connectivity index (χ0v) is 52.4. The summed E-state index contributed by atoms with van der Waals surface area (Å²) in [6.07, 6.45) is -0.254. The zero-order chi connectivity index (χ0) is 60.0. The SMILES string of the molecule is C.C.CSc1cc(C)c(Br)cn1.Cc1cc(F)ncc1Br.Cc1cc(S(C)(=O)=O)ncc1B1OC(C)(C)C(C)(C)O1.Cc1cc(S(C)(=O)=O)ncc1Br.[B]B([B])B(B([B])[B])B(B([B])[B])B(B(B([B])[B])B([B])[B])B(B([B])[B])B([B])[B]. The van der Waals surface area contributed by atoms with Crippen molar-refractivity contribution in [2.75, 3.05) is 18.8 Å². The van der Waals surface area contributed by atoms with Crippen molar-refractivity contribution in [1.82, 2.24) is 19.9 Å². The lowest BCUT2D eigenvalue weighted by Crippen LogP contribution is -2.86. The van der Waals surface area contributed by atoms with E-state index in [0.29, 0.717) is 0 Å². The van der Waals surface area contributed by atoms with Crippen LogP contribution in [0.5, 0.6) is 0 Å². The van der Waals surface area contributed by atoms with Crippen molar-refractivity contribution in [2.45, 2.75) is 96.5 Å². The molecule has 1 fully saturated rings. The molecule has 4 aromatic heterocycles. The molecule has 5 rings (SSSR count). The van der Waals surface area contributed by atoms with Gasteiger partial charge in [-0.3, -0.25) is 0 Å². The molecule has 0 unspecified atom stereocenters. The Morgan fingerprint density at radius 1 is 0.494 bits per heavy atom. The van der Waals surface area contributed by atoms with Gasteiger partial charge in [0.1, 0.15) is 0 Å². The largest absolute Gasteiger partial charge is 0.496 e. The molecular weight excluding hydrogens is 1220 g/mol. The van der Waals surface area contributed by atoms with Gasteiger partial charge in [-0.05, 0) is 156 Å². The van der Waals surface area contributed by atoms with Crippen molar-refractivity contribution in [3.05, 3.63) is 90.7 Å². The van der Waals surface area contributed by atoms with Crippen LogP contribution in [-0.2, 0) is 29.0 Å². The number of nitrogens with zero attached hydrogens (tertiary/aromatic N) is 4. The summed E-state index contributed by atoms with van der Waals surface area (Å²) in [4.78, 5) is 15.4. The molecule has 44 heteroatoms. The summed E-state index contributed by atoms with van der Waals surface area (Å²) in [5.41, 5.74) is 3.65. The Hall–Kier alpha value is -0.107. The van der Waals surface area contributed by atoms with Gasteiger partial charge in [0.25, 0.3) is 0 Å². The second-order valence-electron chi connectivity index (χ2n) is 19.4. The monoisotopic (exact) mass is 1270 g/mol. The molecule has 0 amide bonds. The van der Waals surface area contributed by atoms with Crippen LogP contribution in [0.3, 0.4) is 0 Å². The summed E-state index contributed by atoms with van der Waals surface area (Å²) in [5.74, 6) is -0.435. The maximum Gasteiger partial charge on any atom is 0.496 e. The van der Waals surface area contributed by atoms with Crippen molar-refractivity contribution >= 4 is 277 Å². The van der Waals surface area contributed by atoms with Crippen LogP contribution in [0.1, 0.15) is 64.8 Å². The first kappa shape index (κ1) is 81.0. The molecule has 0 aliphatic carbocycles. The summed E-state index contributed by atoms with van der Waals surface area (Å²) >= 11 is 11.5. The molecule has 79 heavy (non-hydrogen) atoms. The minimum Gasteiger partial charge on any atom is -0.399 e. The smallest absolute Gasteiger partial charge is 0.399 e. The predicted octanol–water partition coefficient (Wildman–Crippen LogP) is -0.814. The lowest BCUT2D eigenvalue weighted by Gasteiger charge is -2.48. The molecule has 0 atom stereocenters. The van der Waals surface area contributed by atoms with E-state index in [1.165, 1.54) is 30.2 Å². The van der Waals surface area contributed by atoms with E-state index in [2.05, 4.69) is 80.7 Å². The van der Waals surface area contributed by atoms with Crippen molar-refractivity contribution < 1.29 is 30.5 Å². The summed E-state index contributed by atoms with van der Waals surface area (Å²) in [7, 11) is 75.9. The minimum absolute atomic E-state index is 0. The first-order chi connectivity index (χ1) is 35.0. The third-order valence-electron chi connectivity index (χ3n) is 12.5. The van der Waals surface area contributed by atoms with Crippen LogP contribution in [0.15, 0.2) is 77.5 Å². The number of thioether (sulfide) groups is 1. The van der Waals surface area contributed by atoms with Gasteiger partial charge >= 0.3 is 7.12 Å². The second kappa shape index (κ2) is 35.5. The van der Waals surface area contributed by atoms with Crippen LogP contribution < -0.4 is 5.46 Å². The Labute approximate surface area is 528 Å². The Bertz CT molecular complexity index is 2700. The minimum atomic E-state index is -3.30. The van der Waals surface area contributed by atoms with Gasteiger partial charge in [-0.25, -0.2) is 36.8 Å². The van der Waals surface area contributed by atoms with Gasteiger partial charge in [0.15, 0.2) is 29.7 Å². The lowest BCUT2D eigenvalue weighted by atomic mass is 8.34. The number of rotatable bonds is 15. The van der Waals surface area contributed by atoms with Crippen molar-refractivity contribution in [2.24, 2.45) is 0 Å². The molecule has 0 aromatic carbocycles. The summed E-state index contributed by atoms with van der Waals surface area (Å²) < 4.78 is 71.9. The van der Waals surface area contributed by atoms with E-state index in [9.17, 15) is 21.2 Å². The highest BCUT2D eigenvalue weighted by Gasteiger charge is 2.53. The molecule has 0 N–H and O–H groups in total. The Morgan fingerprint density at radius 3 is 1.09 bits per heavy atom. The normalized spacial score (nSPS) is 12.6. The molecule has 0 saturated carbocycles. The highest BCUT2D eigenvalue weighted by molar-refractivity contribution is 9.11. The Balaban J connectivity index is 0. The standard InChI is InChI=1S/C13H20BNO4S.C7H8BrNO2S.C7H8BrNS.C6H5BrFN.2CH4.B26/c1-9-7-11(20(6,16)17)15-8-10(9)14-18-12(2,3)13(4,5)19-14;1-5-3-7(12(2,10)11)9-4-6(5)8;1-5-3-7(10-2)9-4-6(5)8;1-4-2-6(8)9-3-5(4)7;;;1-15(2)22(16(3)4)25(21(13)14)26(23(17(5)6)18(7)8)24(19(9)10)20(11)12/h7-8H,1-6H3;3-4H,1-2H3;3-4H,1-2H3;2-3H,1H3;2*1H4;. The zero-order valence-electron chi connectivity index (χ0n) is 45.2. The average molecular weight is 1270 g/mol. The molecule has 0 bridgehead atoms. The fraction of sp³-hybridized carbons (Fsp3) is 0.429. The molecular formula is C35H49B27Br3FN4O6S3. The van der Waals surface area contributed by atoms with Gasteiger partial charge in [-0.2, -0.15) is 4.39 Å². The first-order valence-electron chi connectivity index (χ1n) is 23.4. The molecule has 5 heterocycles. The quantitative estimate of drug-likeness (QED) is 0.0841. The first-order valence-corrected chi connectivity index (χ1v) is 30.8. The van der Waals surface area contributed by atoms with Gasteiger partial charge in [0.2, 0.25) is 5.95 Å². The van der Waals surface area contributed by atoms with Crippen LogP contribution in [-0.4, -0.2) is 259 Å². The third kappa shape index (κ3) is 25.4. The highest BCUT2D eigenvalue weighted by Crippen LogP contribution is 2.36. The Kier molecular flexibility index (Phi) is 36.4. The molecule has 0 spiro atoms. The molecule has 1 aliphatic rings.